The zero-order valence-corrected chi connectivity index (χ0v) is 9.95. The minimum absolute atomic E-state index is 0.193. The zero-order chi connectivity index (χ0) is 11.5. The Hall–Kier alpha value is -1.13. The second-order valence-electron chi connectivity index (χ2n) is 3.44. The second kappa shape index (κ2) is 4.80. The number of furan rings is 1. The smallest absolute Gasteiger partial charge is 0.146 e. The Morgan fingerprint density at radius 3 is 2.69 bits per heavy atom. The molecule has 1 unspecified atom stereocenters. The molecule has 1 aromatic heterocycles. The fourth-order valence-electron chi connectivity index (χ4n) is 1.51. The largest absolute Gasteiger partial charge is 0.465 e. The monoisotopic (exact) mass is 284 g/mol. The van der Waals surface area contributed by atoms with Gasteiger partial charge in [-0.15, -0.1) is 0 Å². The predicted molar refractivity (Wildman–Crippen MR) is 61.5 cm³/mol. The van der Waals surface area contributed by atoms with Gasteiger partial charge in [-0.05, 0) is 33.6 Å². The van der Waals surface area contributed by atoms with Crippen molar-refractivity contribution in [3.8, 4) is 0 Å². The molecule has 0 aliphatic heterocycles. The van der Waals surface area contributed by atoms with Gasteiger partial charge in [0.15, 0.2) is 0 Å². The van der Waals surface area contributed by atoms with Gasteiger partial charge in [-0.3, -0.25) is 0 Å². The number of rotatable bonds is 3. The maximum Gasteiger partial charge on any atom is 0.146 e. The summed E-state index contributed by atoms with van der Waals surface area (Å²) < 4.78 is 19.1. The van der Waals surface area contributed by atoms with Crippen LogP contribution < -0.4 is 0 Å². The first-order valence-electron chi connectivity index (χ1n) is 4.83. The Morgan fingerprint density at radius 1 is 1.31 bits per heavy atom. The van der Waals surface area contributed by atoms with Gasteiger partial charge in [-0.1, -0.05) is 18.2 Å². The highest BCUT2D eigenvalue weighted by Crippen LogP contribution is 2.27. The minimum Gasteiger partial charge on any atom is -0.465 e. The maximum atomic E-state index is 13.3. The molecule has 4 heteroatoms. The molecule has 2 rings (SSSR count). The van der Waals surface area contributed by atoms with Gasteiger partial charge in [0, 0.05) is 6.42 Å². The van der Waals surface area contributed by atoms with Crippen LogP contribution in [0.1, 0.15) is 17.4 Å². The average Bonchev–Trinajstić information content (AvgIpc) is 2.68. The molecule has 0 saturated carbocycles. The van der Waals surface area contributed by atoms with Crippen LogP contribution in [0.5, 0.6) is 0 Å². The minimum atomic E-state index is -0.846. The van der Waals surface area contributed by atoms with Gasteiger partial charge < -0.3 is 9.52 Å². The average molecular weight is 285 g/mol. The van der Waals surface area contributed by atoms with E-state index < -0.39 is 6.10 Å². The second-order valence-corrected chi connectivity index (χ2v) is 4.30. The van der Waals surface area contributed by atoms with Crippen LogP contribution in [0.2, 0.25) is 0 Å². The molecule has 0 bridgehead atoms. The summed E-state index contributed by atoms with van der Waals surface area (Å²) in [7, 11) is 0. The number of hydrogen-bond donors (Lipinski definition) is 1. The summed E-state index contributed by atoms with van der Waals surface area (Å²) in [5.74, 6) is 0.104. The molecule has 1 aromatic carbocycles. The number of aliphatic hydroxyl groups is 1. The van der Waals surface area contributed by atoms with E-state index in [4.69, 9.17) is 4.42 Å². The van der Waals surface area contributed by atoms with E-state index in [1.807, 2.05) is 0 Å². The van der Waals surface area contributed by atoms with E-state index in [9.17, 15) is 9.50 Å². The van der Waals surface area contributed by atoms with Crippen molar-refractivity contribution in [3.63, 3.8) is 0 Å². The van der Waals surface area contributed by atoms with Gasteiger partial charge in [0.1, 0.15) is 17.7 Å². The van der Waals surface area contributed by atoms with Gasteiger partial charge in [-0.25, -0.2) is 4.39 Å². The quantitative estimate of drug-likeness (QED) is 0.937. The van der Waals surface area contributed by atoms with Gasteiger partial charge in [0.2, 0.25) is 0 Å². The summed E-state index contributed by atoms with van der Waals surface area (Å²) in [6.07, 6.45) is 0.823. The molecular weight excluding hydrogens is 275 g/mol. The normalized spacial score (nSPS) is 12.7. The lowest BCUT2D eigenvalue weighted by Crippen LogP contribution is -2.02. The Morgan fingerprint density at radius 2 is 2.06 bits per heavy atom. The lowest BCUT2D eigenvalue weighted by Gasteiger charge is -2.09. The molecule has 0 amide bonds. The SMILES string of the molecule is OC(Cc1ccccc1F)c1occc1Br. The van der Waals surface area contributed by atoms with Crippen molar-refractivity contribution in [1.82, 2.24) is 0 Å². The van der Waals surface area contributed by atoms with Crippen molar-refractivity contribution >= 4 is 15.9 Å². The maximum absolute atomic E-state index is 13.3. The molecule has 16 heavy (non-hydrogen) atoms. The number of aliphatic hydroxyl groups excluding tert-OH is 1. The predicted octanol–water partition coefficient (Wildman–Crippen LogP) is 3.46. The molecule has 0 spiro atoms. The van der Waals surface area contributed by atoms with Gasteiger partial charge >= 0.3 is 0 Å². The molecule has 84 valence electrons. The van der Waals surface area contributed by atoms with Crippen LogP contribution >= 0.6 is 15.9 Å². The number of halogens is 2. The zero-order valence-electron chi connectivity index (χ0n) is 8.36. The lowest BCUT2D eigenvalue weighted by atomic mass is 10.1. The van der Waals surface area contributed by atoms with Gasteiger partial charge in [0.25, 0.3) is 0 Å². The molecule has 0 aliphatic rings. The molecule has 0 fully saturated rings. The van der Waals surface area contributed by atoms with E-state index >= 15 is 0 Å². The van der Waals surface area contributed by atoms with Crippen molar-refractivity contribution in [1.29, 1.82) is 0 Å². The highest BCUT2D eigenvalue weighted by molar-refractivity contribution is 9.10. The van der Waals surface area contributed by atoms with E-state index in [0.717, 1.165) is 0 Å². The molecule has 0 radical (unpaired) electrons. The van der Waals surface area contributed by atoms with E-state index in [0.29, 0.717) is 15.8 Å². The molecule has 2 nitrogen and oxygen atoms in total. The molecule has 1 N–H and O–H groups in total. The highest BCUT2D eigenvalue weighted by Gasteiger charge is 2.16. The molecular formula is C12H10BrFO2. The summed E-state index contributed by atoms with van der Waals surface area (Å²) >= 11 is 3.25. The Labute approximate surface area is 101 Å². The first-order chi connectivity index (χ1) is 7.68. The standard InChI is InChI=1S/C12H10BrFO2/c13-9-5-6-16-12(9)11(15)7-8-3-1-2-4-10(8)14/h1-6,11,15H,7H2. The third-order valence-corrected chi connectivity index (χ3v) is 2.97. The Balaban J connectivity index is 2.17. The third kappa shape index (κ3) is 2.33. The van der Waals surface area contributed by atoms with Crippen molar-refractivity contribution in [2.75, 3.05) is 0 Å². The van der Waals surface area contributed by atoms with Crippen LogP contribution in [0, 0.1) is 5.82 Å². The molecule has 1 heterocycles. The Bertz CT molecular complexity index is 481. The highest BCUT2D eigenvalue weighted by atomic mass is 79.9. The van der Waals surface area contributed by atoms with Crippen LogP contribution in [0.4, 0.5) is 4.39 Å². The first kappa shape index (κ1) is 11.4. The van der Waals surface area contributed by atoms with Crippen LogP contribution in [0.15, 0.2) is 45.5 Å². The van der Waals surface area contributed by atoms with Crippen molar-refractivity contribution in [3.05, 3.63) is 58.2 Å². The fraction of sp³-hybridized carbons (Fsp3) is 0.167. The van der Waals surface area contributed by atoms with Crippen molar-refractivity contribution in [2.45, 2.75) is 12.5 Å². The summed E-state index contributed by atoms with van der Waals surface area (Å²) in [4.78, 5) is 0. The molecule has 0 aliphatic carbocycles. The fourth-order valence-corrected chi connectivity index (χ4v) is 1.97. The Kier molecular flexibility index (Phi) is 3.41. The first-order valence-corrected chi connectivity index (χ1v) is 5.62. The van der Waals surface area contributed by atoms with E-state index in [1.54, 1.807) is 24.3 Å². The molecule has 2 aromatic rings. The van der Waals surface area contributed by atoms with E-state index in [1.165, 1.54) is 12.3 Å². The van der Waals surface area contributed by atoms with Gasteiger partial charge in [0.05, 0.1) is 10.7 Å². The van der Waals surface area contributed by atoms with Crippen LogP contribution in [0.25, 0.3) is 0 Å². The van der Waals surface area contributed by atoms with Crippen LogP contribution in [0.3, 0.4) is 0 Å². The lowest BCUT2D eigenvalue weighted by molar-refractivity contribution is 0.148. The molecule has 1 atom stereocenters. The molecule has 0 saturated heterocycles. The van der Waals surface area contributed by atoms with E-state index in [2.05, 4.69) is 15.9 Å². The number of hydrogen-bond acceptors (Lipinski definition) is 2. The number of benzene rings is 1. The van der Waals surface area contributed by atoms with E-state index in [-0.39, 0.29) is 12.2 Å². The van der Waals surface area contributed by atoms with Crippen molar-refractivity contribution < 1.29 is 13.9 Å². The summed E-state index contributed by atoms with van der Waals surface area (Å²) in [5, 5.41) is 9.88. The van der Waals surface area contributed by atoms with Gasteiger partial charge in [-0.2, -0.15) is 0 Å². The van der Waals surface area contributed by atoms with Crippen LogP contribution in [-0.4, -0.2) is 5.11 Å². The third-order valence-electron chi connectivity index (χ3n) is 2.32. The van der Waals surface area contributed by atoms with Crippen LogP contribution in [-0.2, 0) is 6.42 Å². The van der Waals surface area contributed by atoms with Crippen molar-refractivity contribution in [2.24, 2.45) is 0 Å². The topological polar surface area (TPSA) is 33.4 Å². The summed E-state index contributed by atoms with van der Waals surface area (Å²) in [5.41, 5.74) is 0.471. The summed E-state index contributed by atoms with van der Waals surface area (Å²) in [6, 6.07) is 8.07. The summed E-state index contributed by atoms with van der Waals surface area (Å²) in [6.45, 7) is 0.